The molecule has 0 saturated carbocycles. The van der Waals surface area contributed by atoms with Crippen LogP contribution in [0, 0.1) is 5.92 Å². The molecule has 6 heteroatoms. The Morgan fingerprint density at radius 1 is 1.38 bits per heavy atom. The summed E-state index contributed by atoms with van der Waals surface area (Å²) in [4.78, 5) is 23.2. The van der Waals surface area contributed by atoms with Crippen molar-refractivity contribution in [3.8, 4) is 0 Å². The Kier molecular flexibility index (Phi) is 7.05. The number of hydrazone groups is 1. The summed E-state index contributed by atoms with van der Waals surface area (Å²) >= 11 is 0. The minimum atomic E-state index is -0.640. The fraction of sp³-hybridized carbons (Fsp3) is 0.250. The van der Waals surface area contributed by atoms with E-state index in [1.165, 1.54) is 23.2 Å². The minimum absolute atomic E-state index is 0.334. The fourth-order valence-electron chi connectivity index (χ4n) is 2.65. The molecule has 26 heavy (non-hydrogen) atoms. The van der Waals surface area contributed by atoms with Crippen molar-refractivity contribution in [2.75, 3.05) is 0 Å². The summed E-state index contributed by atoms with van der Waals surface area (Å²) in [7, 11) is 0. The van der Waals surface area contributed by atoms with Crippen LogP contribution in [0.5, 0.6) is 0 Å². The maximum Gasteiger partial charge on any atom is 0.271 e. The van der Waals surface area contributed by atoms with Gasteiger partial charge >= 0.3 is 0 Å². The molecule has 1 aromatic rings. The number of nitrogens with zero attached hydrogens (tertiary/aromatic N) is 1. The van der Waals surface area contributed by atoms with Crippen molar-refractivity contribution < 1.29 is 14.8 Å². The number of carbonyl (C=O) groups is 2. The lowest BCUT2D eigenvalue weighted by atomic mass is 9.86. The Bertz CT molecular complexity index is 778. The van der Waals surface area contributed by atoms with Gasteiger partial charge in [-0.25, -0.2) is 10.9 Å². The van der Waals surface area contributed by atoms with Gasteiger partial charge in [-0.05, 0) is 61.4 Å². The molecule has 0 aliphatic heterocycles. The van der Waals surface area contributed by atoms with Crippen LogP contribution in [0.2, 0.25) is 0 Å². The number of hydrogen-bond donors (Lipinski definition) is 3. The lowest BCUT2D eigenvalue weighted by molar-refractivity contribution is -0.124. The van der Waals surface area contributed by atoms with Gasteiger partial charge in [0, 0.05) is 11.6 Å². The molecular weight excluding hydrogens is 330 g/mol. The summed E-state index contributed by atoms with van der Waals surface area (Å²) in [5, 5.41) is 12.5. The van der Waals surface area contributed by atoms with Crippen molar-refractivity contribution in [3.63, 3.8) is 0 Å². The number of rotatable bonds is 6. The monoisotopic (exact) mass is 353 g/mol. The molecule has 0 saturated heterocycles. The number of hydrogen-bond acceptors (Lipinski definition) is 4. The quantitative estimate of drug-likeness (QED) is 0.241. The van der Waals surface area contributed by atoms with Gasteiger partial charge in [-0.15, -0.1) is 0 Å². The highest BCUT2D eigenvalue weighted by atomic mass is 16.5. The molecule has 0 spiro atoms. The SMILES string of the molecule is C=C(C)[C@@H]1CC=C(C=NNC(=O)c2cccc(C=CC(=O)NO)c2)CC1. The van der Waals surface area contributed by atoms with Gasteiger partial charge in [0.2, 0.25) is 0 Å². The molecule has 3 N–H and O–H groups in total. The smallest absolute Gasteiger partial charge is 0.271 e. The van der Waals surface area contributed by atoms with Crippen molar-refractivity contribution in [3.05, 3.63) is 65.3 Å². The molecule has 0 bridgehead atoms. The molecule has 1 aromatic carbocycles. The zero-order valence-electron chi connectivity index (χ0n) is 14.7. The van der Waals surface area contributed by atoms with Gasteiger partial charge in [-0.2, -0.15) is 5.10 Å². The molecule has 1 atom stereocenters. The third-order valence-corrected chi connectivity index (χ3v) is 4.23. The van der Waals surface area contributed by atoms with Gasteiger partial charge in [-0.3, -0.25) is 14.8 Å². The van der Waals surface area contributed by atoms with Crippen LogP contribution in [0.1, 0.15) is 42.1 Å². The van der Waals surface area contributed by atoms with Gasteiger partial charge in [0.1, 0.15) is 0 Å². The summed E-state index contributed by atoms with van der Waals surface area (Å²) in [6.45, 7) is 6.05. The molecule has 2 amide bonds. The Hall–Kier alpha value is -2.99. The van der Waals surface area contributed by atoms with Gasteiger partial charge in [0.05, 0.1) is 6.21 Å². The van der Waals surface area contributed by atoms with Crippen LogP contribution in [0.4, 0.5) is 0 Å². The molecular formula is C20H23N3O3. The first-order valence-corrected chi connectivity index (χ1v) is 8.39. The molecule has 1 aliphatic carbocycles. The molecule has 0 fully saturated rings. The van der Waals surface area contributed by atoms with E-state index in [4.69, 9.17) is 5.21 Å². The average molecular weight is 353 g/mol. The van der Waals surface area contributed by atoms with Crippen LogP contribution in [0.3, 0.4) is 0 Å². The normalized spacial score (nSPS) is 17.2. The lowest BCUT2D eigenvalue weighted by Gasteiger charge is -2.20. The van der Waals surface area contributed by atoms with E-state index in [0.717, 1.165) is 24.8 Å². The van der Waals surface area contributed by atoms with E-state index in [2.05, 4.69) is 30.1 Å². The number of carbonyl (C=O) groups excluding carboxylic acids is 2. The van der Waals surface area contributed by atoms with Crippen molar-refractivity contribution in [2.24, 2.45) is 11.0 Å². The second-order valence-corrected chi connectivity index (χ2v) is 6.23. The average Bonchev–Trinajstić information content (AvgIpc) is 2.66. The molecule has 2 rings (SSSR count). The zero-order valence-corrected chi connectivity index (χ0v) is 14.7. The topological polar surface area (TPSA) is 90.8 Å². The standard InChI is InChI=1S/C20H23N3O3/c1-14(2)17-9-6-16(7-10-17)13-21-22-20(25)18-5-3-4-15(12-18)8-11-19(24)23-26/h3-6,8,11-13,17,26H,1,7,9-10H2,2H3,(H,22,25)(H,23,24)/t17-/m1/s1. The Morgan fingerprint density at radius 2 is 2.19 bits per heavy atom. The predicted molar refractivity (Wildman–Crippen MR) is 102 cm³/mol. The lowest BCUT2D eigenvalue weighted by Crippen LogP contribution is -2.18. The van der Waals surface area contributed by atoms with Crippen molar-refractivity contribution in [1.29, 1.82) is 0 Å². The van der Waals surface area contributed by atoms with Crippen LogP contribution in [0.15, 0.2) is 59.2 Å². The number of benzene rings is 1. The number of nitrogens with one attached hydrogen (secondary N) is 2. The summed E-state index contributed by atoms with van der Waals surface area (Å²) < 4.78 is 0. The molecule has 0 radical (unpaired) electrons. The highest BCUT2D eigenvalue weighted by Crippen LogP contribution is 2.27. The second-order valence-electron chi connectivity index (χ2n) is 6.23. The third kappa shape index (κ3) is 5.82. The number of amides is 2. The fourth-order valence-corrected chi connectivity index (χ4v) is 2.65. The first-order chi connectivity index (χ1) is 12.5. The summed E-state index contributed by atoms with van der Waals surface area (Å²) in [6.07, 6.45) is 9.42. The molecule has 1 aliphatic rings. The number of allylic oxidation sites excluding steroid dienone is 3. The van der Waals surface area contributed by atoms with Crippen LogP contribution < -0.4 is 10.9 Å². The third-order valence-electron chi connectivity index (χ3n) is 4.23. The maximum absolute atomic E-state index is 12.2. The molecule has 0 aromatic heterocycles. The van der Waals surface area contributed by atoms with E-state index in [-0.39, 0.29) is 5.91 Å². The highest BCUT2D eigenvalue weighted by Gasteiger charge is 2.13. The van der Waals surface area contributed by atoms with E-state index in [0.29, 0.717) is 17.0 Å². The van der Waals surface area contributed by atoms with Gasteiger partial charge in [0.15, 0.2) is 0 Å². The van der Waals surface area contributed by atoms with Gasteiger partial charge < -0.3 is 0 Å². The summed E-state index contributed by atoms with van der Waals surface area (Å²) in [6, 6.07) is 6.73. The molecule has 0 heterocycles. The summed E-state index contributed by atoms with van der Waals surface area (Å²) in [5.74, 6) is -0.441. The zero-order chi connectivity index (χ0) is 18.9. The Labute approximate surface area is 153 Å². The van der Waals surface area contributed by atoms with E-state index >= 15 is 0 Å². The van der Waals surface area contributed by atoms with Crippen LogP contribution >= 0.6 is 0 Å². The van der Waals surface area contributed by atoms with Gasteiger partial charge in [-0.1, -0.05) is 30.4 Å². The molecule has 0 unspecified atom stereocenters. The van der Waals surface area contributed by atoms with E-state index < -0.39 is 5.91 Å². The minimum Gasteiger partial charge on any atom is -0.288 e. The predicted octanol–water partition coefficient (Wildman–Crippen LogP) is 3.22. The highest BCUT2D eigenvalue weighted by molar-refractivity contribution is 5.96. The van der Waals surface area contributed by atoms with Crippen molar-refractivity contribution in [1.82, 2.24) is 10.9 Å². The molecule has 136 valence electrons. The largest absolute Gasteiger partial charge is 0.288 e. The van der Waals surface area contributed by atoms with E-state index in [1.807, 2.05) is 0 Å². The van der Waals surface area contributed by atoms with Crippen LogP contribution in [0.25, 0.3) is 6.08 Å². The first-order valence-electron chi connectivity index (χ1n) is 8.39. The first kappa shape index (κ1) is 19.3. The Balaban J connectivity index is 1.93. The van der Waals surface area contributed by atoms with Crippen molar-refractivity contribution >= 4 is 24.1 Å². The maximum atomic E-state index is 12.2. The second kappa shape index (κ2) is 9.48. The molecule has 6 nitrogen and oxygen atoms in total. The van der Waals surface area contributed by atoms with Crippen LogP contribution in [-0.4, -0.2) is 23.2 Å². The van der Waals surface area contributed by atoms with E-state index in [9.17, 15) is 9.59 Å². The van der Waals surface area contributed by atoms with Crippen LogP contribution in [-0.2, 0) is 4.79 Å². The summed E-state index contributed by atoms with van der Waals surface area (Å²) in [5.41, 5.74) is 7.41. The van der Waals surface area contributed by atoms with Crippen molar-refractivity contribution in [2.45, 2.75) is 26.2 Å². The van der Waals surface area contributed by atoms with E-state index in [1.54, 1.807) is 30.5 Å². The Morgan fingerprint density at radius 3 is 2.85 bits per heavy atom. The number of hydroxylamine groups is 1. The van der Waals surface area contributed by atoms with Gasteiger partial charge in [0.25, 0.3) is 11.8 Å².